The van der Waals surface area contributed by atoms with Gasteiger partial charge in [0.05, 0.1) is 13.0 Å². The van der Waals surface area contributed by atoms with E-state index in [1.54, 1.807) is 12.3 Å². The predicted molar refractivity (Wildman–Crippen MR) is 106 cm³/mol. The third kappa shape index (κ3) is 5.22. The van der Waals surface area contributed by atoms with Crippen molar-refractivity contribution in [2.24, 2.45) is 0 Å². The molecule has 148 valence electrons. The maximum Gasteiger partial charge on any atom is 0.230 e. The van der Waals surface area contributed by atoms with Crippen molar-refractivity contribution in [1.29, 1.82) is 0 Å². The van der Waals surface area contributed by atoms with Gasteiger partial charge < -0.3 is 19.1 Å². The van der Waals surface area contributed by atoms with Crippen LogP contribution in [0.25, 0.3) is 0 Å². The second-order valence-electron chi connectivity index (χ2n) is 7.71. The average Bonchev–Trinajstić information content (AvgIpc) is 3.26. The van der Waals surface area contributed by atoms with Gasteiger partial charge >= 0.3 is 0 Å². The molecule has 0 spiro atoms. The maximum atomic E-state index is 12.2. The molecule has 3 rings (SSSR count). The molecule has 0 saturated carbocycles. The molecule has 7 heteroatoms. The fourth-order valence-corrected chi connectivity index (χ4v) is 2.67. The molecule has 3 aromatic rings. The average molecular weight is 382 g/mol. The molecule has 0 unspecified atom stereocenters. The van der Waals surface area contributed by atoms with Crippen LogP contribution < -0.4 is 10.1 Å². The number of nitrogens with one attached hydrogen (secondary N) is 1. The summed E-state index contributed by atoms with van der Waals surface area (Å²) in [5, 5.41) is 6.67. The van der Waals surface area contributed by atoms with Crippen LogP contribution in [0.3, 0.4) is 0 Å². The van der Waals surface area contributed by atoms with E-state index in [1.165, 1.54) is 0 Å². The summed E-state index contributed by atoms with van der Waals surface area (Å²) in [5.41, 5.74) is 0.748. The Morgan fingerprint density at radius 2 is 2.00 bits per heavy atom. The standard InChI is InChI=1S/C21H26N4O3/c1-15-22-9-10-25(15)11-12-27-17-7-5-16(6-8-17)13-20(26)23-19-14-18(28-24-19)21(2,3)4/h5-10,14H,11-13H2,1-4H3,(H,23,24,26). The number of hydrogen-bond donors (Lipinski definition) is 1. The molecule has 0 bridgehead atoms. The number of amides is 1. The molecule has 1 aromatic carbocycles. The van der Waals surface area contributed by atoms with Gasteiger partial charge in [0.15, 0.2) is 5.82 Å². The molecule has 0 radical (unpaired) electrons. The summed E-state index contributed by atoms with van der Waals surface area (Å²) in [6.07, 6.45) is 3.96. The molecule has 7 nitrogen and oxygen atoms in total. The topological polar surface area (TPSA) is 82.2 Å². The van der Waals surface area contributed by atoms with Gasteiger partial charge in [-0.3, -0.25) is 4.79 Å². The molecule has 0 saturated heterocycles. The number of anilines is 1. The number of nitrogens with zero attached hydrogens (tertiary/aromatic N) is 3. The third-order valence-corrected chi connectivity index (χ3v) is 4.33. The molecule has 0 atom stereocenters. The SMILES string of the molecule is Cc1nccn1CCOc1ccc(CC(=O)Nc2cc(C(C)(C)C)on2)cc1. The van der Waals surface area contributed by atoms with Gasteiger partial charge in [-0.25, -0.2) is 4.98 Å². The number of carbonyl (C=O) groups excluding carboxylic acids is 1. The minimum atomic E-state index is -0.150. The lowest BCUT2D eigenvalue weighted by Crippen LogP contribution is -2.15. The molecule has 1 amide bonds. The second kappa shape index (κ2) is 8.29. The number of hydrogen-bond acceptors (Lipinski definition) is 5. The van der Waals surface area contributed by atoms with Crippen LogP contribution in [-0.2, 0) is 23.2 Å². The van der Waals surface area contributed by atoms with Crippen molar-refractivity contribution in [3.8, 4) is 5.75 Å². The van der Waals surface area contributed by atoms with Crippen LogP contribution in [0.5, 0.6) is 5.75 Å². The first-order valence-corrected chi connectivity index (χ1v) is 9.28. The van der Waals surface area contributed by atoms with E-state index in [1.807, 2.05) is 62.7 Å². The van der Waals surface area contributed by atoms with E-state index in [0.717, 1.165) is 29.4 Å². The Labute approximate surface area is 164 Å². The lowest BCUT2D eigenvalue weighted by Gasteiger charge is -2.12. The number of aromatic nitrogens is 3. The predicted octanol–water partition coefficient (Wildman–Crippen LogP) is 3.74. The van der Waals surface area contributed by atoms with Gasteiger partial charge in [-0.05, 0) is 24.6 Å². The summed E-state index contributed by atoms with van der Waals surface area (Å²) < 4.78 is 13.1. The highest BCUT2D eigenvalue weighted by atomic mass is 16.5. The lowest BCUT2D eigenvalue weighted by atomic mass is 9.93. The van der Waals surface area contributed by atoms with E-state index in [9.17, 15) is 4.79 Å². The first-order valence-electron chi connectivity index (χ1n) is 9.28. The highest BCUT2D eigenvalue weighted by Crippen LogP contribution is 2.24. The van der Waals surface area contributed by atoms with E-state index in [4.69, 9.17) is 9.26 Å². The van der Waals surface area contributed by atoms with Crippen LogP contribution in [-0.4, -0.2) is 27.2 Å². The van der Waals surface area contributed by atoms with Gasteiger partial charge in [-0.1, -0.05) is 38.1 Å². The molecule has 0 aliphatic carbocycles. The summed E-state index contributed by atoms with van der Waals surface area (Å²) in [7, 11) is 0. The van der Waals surface area contributed by atoms with Crippen LogP contribution in [0.1, 0.15) is 37.9 Å². The van der Waals surface area contributed by atoms with Crippen LogP contribution in [0, 0.1) is 6.92 Å². The highest BCUT2D eigenvalue weighted by Gasteiger charge is 2.20. The normalized spacial score (nSPS) is 11.4. The quantitative estimate of drug-likeness (QED) is 0.673. The monoisotopic (exact) mass is 382 g/mol. The fourth-order valence-electron chi connectivity index (χ4n) is 2.67. The van der Waals surface area contributed by atoms with Crippen molar-refractivity contribution >= 4 is 11.7 Å². The Balaban J connectivity index is 1.47. The van der Waals surface area contributed by atoms with Gasteiger partial charge in [0.2, 0.25) is 5.91 Å². The first-order chi connectivity index (χ1) is 13.3. The summed E-state index contributed by atoms with van der Waals surface area (Å²) in [4.78, 5) is 16.4. The maximum absolute atomic E-state index is 12.2. The van der Waals surface area contributed by atoms with E-state index in [0.29, 0.717) is 12.4 Å². The lowest BCUT2D eigenvalue weighted by molar-refractivity contribution is -0.115. The number of benzene rings is 1. The summed E-state index contributed by atoms with van der Waals surface area (Å²) in [6, 6.07) is 9.28. The molecule has 0 aliphatic heterocycles. The zero-order chi connectivity index (χ0) is 20.1. The third-order valence-electron chi connectivity index (χ3n) is 4.33. The van der Waals surface area contributed by atoms with Crippen molar-refractivity contribution in [3.63, 3.8) is 0 Å². The number of rotatable bonds is 7. The Morgan fingerprint density at radius 3 is 2.61 bits per heavy atom. The molecule has 0 aliphatic rings. The van der Waals surface area contributed by atoms with Gasteiger partial charge in [0, 0.05) is 23.9 Å². The van der Waals surface area contributed by atoms with Crippen molar-refractivity contribution < 1.29 is 14.1 Å². The Hall–Kier alpha value is -3.09. The molecular formula is C21H26N4O3. The van der Waals surface area contributed by atoms with Gasteiger partial charge in [-0.15, -0.1) is 0 Å². The zero-order valence-corrected chi connectivity index (χ0v) is 16.7. The Morgan fingerprint density at radius 1 is 1.25 bits per heavy atom. The van der Waals surface area contributed by atoms with E-state index in [-0.39, 0.29) is 17.7 Å². The van der Waals surface area contributed by atoms with Crippen molar-refractivity contribution in [2.75, 3.05) is 11.9 Å². The molecule has 1 N–H and O–H groups in total. The number of ether oxygens (including phenoxy) is 1. The van der Waals surface area contributed by atoms with Crippen LogP contribution in [0.15, 0.2) is 47.2 Å². The fraction of sp³-hybridized carbons (Fsp3) is 0.381. The second-order valence-corrected chi connectivity index (χ2v) is 7.71. The summed E-state index contributed by atoms with van der Waals surface area (Å²) >= 11 is 0. The first kappa shape index (κ1) is 19.7. The molecule has 0 fully saturated rings. The van der Waals surface area contributed by atoms with Crippen molar-refractivity contribution in [2.45, 2.75) is 46.1 Å². The number of imidazole rings is 1. The summed E-state index contributed by atoms with van der Waals surface area (Å²) in [6.45, 7) is 9.34. The van der Waals surface area contributed by atoms with Gasteiger partial charge in [0.25, 0.3) is 0 Å². The molecule has 2 aromatic heterocycles. The zero-order valence-electron chi connectivity index (χ0n) is 16.7. The van der Waals surface area contributed by atoms with E-state index < -0.39 is 0 Å². The number of carbonyl (C=O) groups is 1. The van der Waals surface area contributed by atoms with Crippen molar-refractivity contribution in [3.05, 3.63) is 59.9 Å². The highest BCUT2D eigenvalue weighted by molar-refractivity contribution is 5.91. The minimum absolute atomic E-state index is 0.141. The van der Waals surface area contributed by atoms with E-state index in [2.05, 4.69) is 15.5 Å². The van der Waals surface area contributed by atoms with Crippen LogP contribution in [0.2, 0.25) is 0 Å². The van der Waals surface area contributed by atoms with Gasteiger partial charge in [-0.2, -0.15) is 0 Å². The minimum Gasteiger partial charge on any atom is -0.492 e. The summed E-state index contributed by atoms with van der Waals surface area (Å²) in [5.74, 6) is 2.76. The number of aryl methyl sites for hydroxylation is 1. The molecule has 28 heavy (non-hydrogen) atoms. The van der Waals surface area contributed by atoms with E-state index >= 15 is 0 Å². The van der Waals surface area contributed by atoms with Crippen molar-refractivity contribution in [1.82, 2.24) is 14.7 Å². The Kier molecular flexibility index (Phi) is 5.82. The van der Waals surface area contributed by atoms with Crippen LogP contribution in [0.4, 0.5) is 5.82 Å². The largest absolute Gasteiger partial charge is 0.492 e. The molecular weight excluding hydrogens is 356 g/mol. The van der Waals surface area contributed by atoms with Gasteiger partial charge in [0.1, 0.15) is 23.9 Å². The molecule has 2 heterocycles. The smallest absolute Gasteiger partial charge is 0.230 e. The Bertz CT molecular complexity index is 920. The van der Waals surface area contributed by atoms with Crippen LogP contribution >= 0.6 is 0 Å².